The number of ether oxygens (including phenoxy) is 1. The van der Waals surface area contributed by atoms with E-state index in [4.69, 9.17) is 9.84 Å². The number of benzene rings is 2. The molecule has 0 spiro atoms. The van der Waals surface area contributed by atoms with Crippen molar-refractivity contribution >= 4 is 18.0 Å². The van der Waals surface area contributed by atoms with Gasteiger partial charge in [0.1, 0.15) is 11.6 Å². The van der Waals surface area contributed by atoms with Crippen LogP contribution < -0.4 is 10.1 Å². The molecule has 0 unspecified atom stereocenters. The number of carbonyl (C=O) groups excluding carboxylic acids is 1. The van der Waals surface area contributed by atoms with E-state index in [1.54, 1.807) is 30.3 Å². The number of hydrogen-bond acceptors (Lipinski definition) is 3. The topological polar surface area (TPSA) is 75.6 Å². The van der Waals surface area contributed by atoms with Gasteiger partial charge >= 0.3 is 5.97 Å². The Hall–Kier alpha value is -3.15. The van der Waals surface area contributed by atoms with Crippen molar-refractivity contribution in [2.45, 2.75) is 25.9 Å². The SMILES string of the molecule is CC(C)(Oc1ccc(CCNC(=O)/C=C/c2ccc(F)cc2)cc1)C(=O)O. The minimum Gasteiger partial charge on any atom is -0.478 e. The molecule has 0 saturated heterocycles. The number of nitrogens with one attached hydrogen (secondary N) is 1. The summed E-state index contributed by atoms with van der Waals surface area (Å²) in [4.78, 5) is 22.9. The first-order valence-corrected chi connectivity index (χ1v) is 8.49. The predicted molar refractivity (Wildman–Crippen MR) is 101 cm³/mol. The van der Waals surface area contributed by atoms with Gasteiger partial charge in [-0.1, -0.05) is 24.3 Å². The predicted octanol–water partition coefficient (Wildman–Crippen LogP) is 3.44. The van der Waals surface area contributed by atoms with E-state index in [1.165, 1.54) is 32.1 Å². The first-order valence-electron chi connectivity index (χ1n) is 8.49. The molecule has 2 rings (SSSR count). The van der Waals surface area contributed by atoms with E-state index in [-0.39, 0.29) is 11.7 Å². The van der Waals surface area contributed by atoms with Gasteiger partial charge in [-0.05, 0) is 61.7 Å². The van der Waals surface area contributed by atoms with Crippen LogP contribution >= 0.6 is 0 Å². The highest BCUT2D eigenvalue weighted by molar-refractivity contribution is 5.91. The molecule has 1 amide bonds. The van der Waals surface area contributed by atoms with Gasteiger partial charge in [-0.25, -0.2) is 9.18 Å². The molecule has 0 aliphatic heterocycles. The second-order valence-corrected chi connectivity index (χ2v) is 6.49. The molecule has 5 nitrogen and oxygen atoms in total. The zero-order chi connectivity index (χ0) is 19.9. The summed E-state index contributed by atoms with van der Waals surface area (Å²) in [5, 5.41) is 11.8. The Bertz CT molecular complexity index is 811. The van der Waals surface area contributed by atoms with Crippen molar-refractivity contribution in [2.24, 2.45) is 0 Å². The van der Waals surface area contributed by atoms with Crippen LogP contribution in [0.15, 0.2) is 54.6 Å². The normalized spacial score (nSPS) is 11.4. The summed E-state index contributed by atoms with van der Waals surface area (Å²) < 4.78 is 18.3. The summed E-state index contributed by atoms with van der Waals surface area (Å²) in [6, 6.07) is 12.9. The average Bonchev–Trinajstić information content (AvgIpc) is 2.62. The first-order chi connectivity index (χ1) is 12.8. The fraction of sp³-hybridized carbons (Fsp3) is 0.238. The van der Waals surface area contributed by atoms with Crippen LogP contribution in [0.1, 0.15) is 25.0 Å². The fourth-order valence-corrected chi connectivity index (χ4v) is 2.20. The lowest BCUT2D eigenvalue weighted by Crippen LogP contribution is -2.37. The molecule has 0 aliphatic carbocycles. The molecule has 27 heavy (non-hydrogen) atoms. The van der Waals surface area contributed by atoms with E-state index in [9.17, 15) is 14.0 Å². The fourth-order valence-electron chi connectivity index (χ4n) is 2.20. The van der Waals surface area contributed by atoms with E-state index in [1.807, 2.05) is 12.1 Å². The molecule has 0 aliphatic rings. The van der Waals surface area contributed by atoms with Crippen LogP contribution in [0.3, 0.4) is 0 Å². The van der Waals surface area contributed by atoms with Gasteiger partial charge < -0.3 is 15.2 Å². The van der Waals surface area contributed by atoms with Gasteiger partial charge in [0.2, 0.25) is 5.91 Å². The lowest BCUT2D eigenvalue weighted by molar-refractivity contribution is -0.152. The van der Waals surface area contributed by atoms with Crippen LogP contribution in [-0.4, -0.2) is 29.1 Å². The molecule has 2 N–H and O–H groups in total. The van der Waals surface area contributed by atoms with Crippen molar-refractivity contribution in [3.63, 3.8) is 0 Å². The van der Waals surface area contributed by atoms with Crippen molar-refractivity contribution < 1.29 is 23.8 Å². The maximum absolute atomic E-state index is 12.8. The summed E-state index contributed by atoms with van der Waals surface area (Å²) >= 11 is 0. The zero-order valence-electron chi connectivity index (χ0n) is 15.2. The summed E-state index contributed by atoms with van der Waals surface area (Å²) in [7, 11) is 0. The van der Waals surface area contributed by atoms with Gasteiger partial charge in [-0.3, -0.25) is 4.79 Å². The molecule has 2 aromatic carbocycles. The minimum absolute atomic E-state index is 0.234. The van der Waals surface area contributed by atoms with Gasteiger partial charge in [0.25, 0.3) is 0 Å². The van der Waals surface area contributed by atoms with Gasteiger partial charge in [0.05, 0.1) is 0 Å². The smallest absolute Gasteiger partial charge is 0.347 e. The molecule has 6 heteroatoms. The Morgan fingerprint density at radius 2 is 1.74 bits per heavy atom. The highest BCUT2D eigenvalue weighted by Crippen LogP contribution is 2.19. The van der Waals surface area contributed by atoms with Crippen LogP contribution in [0.2, 0.25) is 0 Å². The quantitative estimate of drug-likeness (QED) is 0.697. The highest BCUT2D eigenvalue weighted by atomic mass is 19.1. The maximum atomic E-state index is 12.8. The van der Waals surface area contributed by atoms with Crippen molar-refractivity contribution in [1.29, 1.82) is 0 Å². The first kappa shape index (κ1) is 20.2. The Morgan fingerprint density at radius 3 is 2.33 bits per heavy atom. The lowest BCUT2D eigenvalue weighted by atomic mass is 10.1. The molecule has 0 heterocycles. The van der Waals surface area contributed by atoms with E-state index in [0.717, 1.165) is 11.1 Å². The maximum Gasteiger partial charge on any atom is 0.347 e. The van der Waals surface area contributed by atoms with Crippen molar-refractivity contribution in [2.75, 3.05) is 6.54 Å². The Labute approximate surface area is 157 Å². The van der Waals surface area contributed by atoms with Gasteiger partial charge in [0.15, 0.2) is 5.60 Å². The van der Waals surface area contributed by atoms with Crippen LogP contribution in [0.4, 0.5) is 4.39 Å². The lowest BCUT2D eigenvalue weighted by Gasteiger charge is -2.21. The number of halogens is 1. The van der Waals surface area contributed by atoms with Crippen molar-refractivity contribution in [3.05, 3.63) is 71.6 Å². The summed E-state index contributed by atoms with van der Waals surface area (Å²) in [5.41, 5.74) is 0.427. The number of rotatable bonds is 8. The monoisotopic (exact) mass is 371 g/mol. The van der Waals surface area contributed by atoms with Gasteiger partial charge in [-0.2, -0.15) is 0 Å². The number of aliphatic carboxylic acids is 1. The van der Waals surface area contributed by atoms with E-state index >= 15 is 0 Å². The van der Waals surface area contributed by atoms with Crippen LogP contribution in [0.25, 0.3) is 6.08 Å². The summed E-state index contributed by atoms with van der Waals surface area (Å²) in [6.07, 6.45) is 3.64. The molecule has 0 saturated carbocycles. The molecule has 0 aromatic heterocycles. The number of carbonyl (C=O) groups is 2. The largest absolute Gasteiger partial charge is 0.478 e. The standard InChI is InChI=1S/C21H22FNO4/c1-21(2,20(25)26)27-18-10-5-16(6-11-18)13-14-23-19(24)12-7-15-3-8-17(22)9-4-15/h3-12H,13-14H2,1-2H3,(H,23,24)(H,25,26)/b12-7+. The van der Waals surface area contributed by atoms with Crippen LogP contribution in [-0.2, 0) is 16.0 Å². The third-order valence-corrected chi connectivity index (χ3v) is 3.82. The molecule has 0 atom stereocenters. The van der Waals surface area contributed by atoms with Crippen LogP contribution in [0.5, 0.6) is 5.75 Å². The van der Waals surface area contributed by atoms with E-state index in [0.29, 0.717) is 18.7 Å². The van der Waals surface area contributed by atoms with Gasteiger partial charge in [0, 0.05) is 12.6 Å². The number of amides is 1. The second kappa shape index (κ2) is 8.98. The second-order valence-electron chi connectivity index (χ2n) is 6.49. The molecule has 0 bridgehead atoms. The van der Waals surface area contributed by atoms with Gasteiger partial charge in [-0.15, -0.1) is 0 Å². The molecular weight excluding hydrogens is 349 g/mol. The third-order valence-electron chi connectivity index (χ3n) is 3.82. The zero-order valence-corrected chi connectivity index (χ0v) is 15.2. The highest BCUT2D eigenvalue weighted by Gasteiger charge is 2.29. The van der Waals surface area contributed by atoms with Crippen molar-refractivity contribution in [1.82, 2.24) is 5.32 Å². The summed E-state index contributed by atoms with van der Waals surface area (Å²) in [5.74, 6) is -1.12. The molecule has 2 aromatic rings. The molecule has 0 radical (unpaired) electrons. The molecular formula is C21H22FNO4. The number of carboxylic acids is 1. The molecule has 142 valence electrons. The molecule has 0 fully saturated rings. The third kappa shape index (κ3) is 6.58. The Balaban J connectivity index is 1.78. The minimum atomic E-state index is -1.30. The van der Waals surface area contributed by atoms with Crippen molar-refractivity contribution in [3.8, 4) is 5.75 Å². The van der Waals surface area contributed by atoms with E-state index in [2.05, 4.69) is 5.32 Å². The Kier molecular flexibility index (Phi) is 6.71. The number of carboxylic acid groups (broad SMARTS) is 1. The van der Waals surface area contributed by atoms with E-state index < -0.39 is 11.6 Å². The summed E-state index contributed by atoms with van der Waals surface area (Å²) in [6.45, 7) is 3.42. The average molecular weight is 371 g/mol. The Morgan fingerprint density at radius 1 is 1.11 bits per heavy atom. The number of hydrogen-bond donors (Lipinski definition) is 2. The van der Waals surface area contributed by atoms with Crippen LogP contribution in [0, 0.1) is 5.82 Å².